The van der Waals surface area contributed by atoms with Gasteiger partial charge in [-0.05, 0) is 35.2 Å². The van der Waals surface area contributed by atoms with Gasteiger partial charge in [-0.1, -0.05) is 19.3 Å². The Balaban J connectivity index is 1.66. The van der Waals surface area contributed by atoms with E-state index < -0.39 is 10.0 Å². The Bertz CT molecular complexity index is 562. The van der Waals surface area contributed by atoms with Crippen molar-refractivity contribution in [2.24, 2.45) is 0 Å². The monoisotopic (exact) mass is 358 g/mol. The summed E-state index contributed by atoms with van der Waals surface area (Å²) in [6.45, 7) is 3.60. The van der Waals surface area contributed by atoms with E-state index >= 15 is 0 Å². The maximum absolute atomic E-state index is 12.6. The van der Waals surface area contributed by atoms with Crippen LogP contribution in [0.25, 0.3) is 0 Å². The first-order chi connectivity index (χ1) is 11.2. The first-order valence-electron chi connectivity index (χ1n) is 8.49. The Morgan fingerprint density at radius 1 is 1.26 bits per heavy atom. The van der Waals surface area contributed by atoms with Gasteiger partial charge in [-0.15, -0.1) is 0 Å². The number of hydrogen-bond donors (Lipinski definition) is 1. The number of sulfonamides is 1. The molecule has 2 fully saturated rings. The van der Waals surface area contributed by atoms with Crippen LogP contribution in [0.15, 0.2) is 16.8 Å². The molecule has 1 aliphatic carbocycles. The second-order valence-electron chi connectivity index (χ2n) is 6.37. The standard InChI is InChI=1S/C16H26N2O3S2/c19-23(20,15-4-2-1-3-5-15)17-12-16(14-6-11-22-13-14)18-7-9-21-10-8-18/h6,11,13,15-17H,1-5,7-10,12H2. The van der Waals surface area contributed by atoms with E-state index in [0.29, 0.717) is 6.54 Å². The van der Waals surface area contributed by atoms with Gasteiger partial charge in [0.15, 0.2) is 0 Å². The largest absolute Gasteiger partial charge is 0.379 e. The molecular weight excluding hydrogens is 332 g/mol. The predicted octanol–water partition coefficient (Wildman–Crippen LogP) is 2.37. The fourth-order valence-electron chi connectivity index (χ4n) is 3.50. The molecular formula is C16H26N2O3S2. The molecule has 1 saturated heterocycles. The van der Waals surface area contributed by atoms with Gasteiger partial charge in [0.1, 0.15) is 0 Å². The van der Waals surface area contributed by atoms with E-state index in [1.807, 2.05) is 0 Å². The van der Waals surface area contributed by atoms with Gasteiger partial charge in [-0.25, -0.2) is 13.1 Å². The number of hydrogen-bond acceptors (Lipinski definition) is 5. The minimum atomic E-state index is -3.21. The number of nitrogens with zero attached hydrogens (tertiary/aromatic N) is 1. The molecule has 0 bridgehead atoms. The minimum Gasteiger partial charge on any atom is -0.379 e. The molecule has 1 unspecified atom stereocenters. The zero-order chi connectivity index (χ0) is 16.1. The first-order valence-corrected chi connectivity index (χ1v) is 11.0. The van der Waals surface area contributed by atoms with Crippen LogP contribution >= 0.6 is 11.3 Å². The lowest BCUT2D eigenvalue weighted by Crippen LogP contribution is -2.45. The van der Waals surface area contributed by atoms with Crippen molar-refractivity contribution in [2.75, 3.05) is 32.8 Å². The molecule has 0 aromatic carbocycles. The van der Waals surface area contributed by atoms with E-state index in [2.05, 4.69) is 26.4 Å². The quantitative estimate of drug-likeness (QED) is 0.848. The highest BCUT2D eigenvalue weighted by molar-refractivity contribution is 7.90. The summed E-state index contributed by atoms with van der Waals surface area (Å²) >= 11 is 1.66. The van der Waals surface area contributed by atoms with Gasteiger partial charge < -0.3 is 4.74 Å². The van der Waals surface area contributed by atoms with Crippen molar-refractivity contribution in [1.29, 1.82) is 0 Å². The van der Waals surface area contributed by atoms with Gasteiger partial charge in [-0.2, -0.15) is 11.3 Å². The summed E-state index contributed by atoms with van der Waals surface area (Å²) in [6, 6.07) is 2.20. The summed E-state index contributed by atoms with van der Waals surface area (Å²) in [7, 11) is -3.21. The van der Waals surface area contributed by atoms with Crippen LogP contribution in [0.1, 0.15) is 43.7 Å². The van der Waals surface area contributed by atoms with Gasteiger partial charge in [0.25, 0.3) is 0 Å². The Kier molecular flexibility index (Phi) is 6.09. The number of rotatable bonds is 6. The van der Waals surface area contributed by atoms with Crippen LogP contribution in [0.2, 0.25) is 0 Å². The zero-order valence-electron chi connectivity index (χ0n) is 13.4. The molecule has 0 amide bonds. The molecule has 2 heterocycles. The van der Waals surface area contributed by atoms with Crippen LogP contribution in [0.5, 0.6) is 0 Å². The second-order valence-corrected chi connectivity index (χ2v) is 9.20. The van der Waals surface area contributed by atoms with Crippen LogP contribution in [0.3, 0.4) is 0 Å². The van der Waals surface area contributed by atoms with E-state index in [4.69, 9.17) is 4.74 Å². The molecule has 23 heavy (non-hydrogen) atoms. The van der Waals surface area contributed by atoms with Gasteiger partial charge in [0.2, 0.25) is 10.0 Å². The van der Waals surface area contributed by atoms with Crippen molar-refractivity contribution in [2.45, 2.75) is 43.4 Å². The Morgan fingerprint density at radius 3 is 2.65 bits per heavy atom. The first kappa shape index (κ1) is 17.4. The maximum Gasteiger partial charge on any atom is 0.214 e. The Morgan fingerprint density at radius 2 is 2.00 bits per heavy atom. The van der Waals surface area contributed by atoms with Crippen LogP contribution in [-0.4, -0.2) is 51.4 Å². The number of ether oxygens (including phenoxy) is 1. The molecule has 7 heteroatoms. The third-order valence-corrected chi connectivity index (χ3v) is 7.50. The molecule has 1 aliphatic heterocycles. The minimum absolute atomic E-state index is 0.100. The summed E-state index contributed by atoms with van der Waals surface area (Å²) in [6.07, 6.45) is 4.83. The van der Waals surface area contributed by atoms with Crippen LogP contribution in [-0.2, 0) is 14.8 Å². The van der Waals surface area contributed by atoms with Crippen LogP contribution in [0.4, 0.5) is 0 Å². The van der Waals surface area contributed by atoms with E-state index in [9.17, 15) is 8.42 Å². The molecule has 1 aromatic rings. The van der Waals surface area contributed by atoms with Gasteiger partial charge in [-0.3, -0.25) is 4.90 Å². The van der Waals surface area contributed by atoms with Crippen molar-refractivity contribution in [3.8, 4) is 0 Å². The molecule has 1 N–H and O–H groups in total. The third kappa shape index (κ3) is 4.54. The van der Waals surface area contributed by atoms with E-state index in [1.165, 1.54) is 5.56 Å². The SMILES string of the molecule is O=S(=O)(NCC(c1ccsc1)N1CCOCC1)C1CCCCC1. The average Bonchev–Trinajstić information content (AvgIpc) is 3.11. The Labute approximate surface area is 143 Å². The third-order valence-electron chi connectivity index (χ3n) is 4.88. The highest BCUT2D eigenvalue weighted by Crippen LogP contribution is 2.26. The Hall–Kier alpha value is -0.470. The van der Waals surface area contributed by atoms with Crippen molar-refractivity contribution >= 4 is 21.4 Å². The second kappa shape index (κ2) is 8.07. The van der Waals surface area contributed by atoms with Crippen molar-refractivity contribution in [3.05, 3.63) is 22.4 Å². The number of morpholine rings is 1. The van der Waals surface area contributed by atoms with Gasteiger partial charge in [0, 0.05) is 25.7 Å². The van der Waals surface area contributed by atoms with Crippen molar-refractivity contribution in [3.63, 3.8) is 0 Å². The molecule has 2 aliphatic rings. The van der Waals surface area contributed by atoms with E-state index in [1.54, 1.807) is 11.3 Å². The summed E-state index contributed by atoms with van der Waals surface area (Å²) < 4.78 is 33.5. The lowest BCUT2D eigenvalue weighted by molar-refractivity contribution is 0.0172. The lowest BCUT2D eigenvalue weighted by Gasteiger charge is -2.34. The molecule has 130 valence electrons. The summed E-state index contributed by atoms with van der Waals surface area (Å²) in [5.74, 6) is 0. The van der Waals surface area contributed by atoms with Gasteiger partial charge >= 0.3 is 0 Å². The maximum atomic E-state index is 12.6. The van der Waals surface area contributed by atoms with E-state index in [-0.39, 0.29) is 11.3 Å². The molecule has 1 atom stereocenters. The van der Waals surface area contributed by atoms with E-state index in [0.717, 1.165) is 58.4 Å². The number of thiophene rings is 1. The predicted molar refractivity (Wildman–Crippen MR) is 93.2 cm³/mol. The normalized spacial score (nSPS) is 23.0. The fraction of sp³-hybridized carbons (Fsp3) is 0.750. The van der Waals surface area contributed by atoms with Crippen molar-refractivity contribution in [1.82, 2.24) is 9.62 Å². The topological polar surface area (TPSA) is 58.6 Å². The van der Waals surface area contributed by atoms with Gasteiger partial charge in [0.05, 0.1) is 18.5 Å². The highest BCUT2D eigenvalue weighted by Gasteiger charge is 2.29. The van der Waals surface area contributed by atoms with Crippen LogP contribution in [0, 0.1) is 0 Å². The van der Waals surface area contributed by atoms with Crippen LogP contribution < -0.4 is 4.72 Å². The molecule has 0 radical (unpaired) electrons. The molecule has 5 nitrogen and oxygen atoms in total. The smallest absolute Gasteiger partial charge is 0.214 e. The molecule has 0 spiro atoms. The summed E-state index contributed by atoms with van der Waals surface area (Å²) in [5, 5.41) is 3.97. The van der Waals surface area contributed by atoms with Crippen molar-refractivity contribution < 1.29 is 13.2 Å². The average molecular weight is 359 g/mol. The lowest BCUT2D eigenvalue weighted by atomic mass is 10.0. The molecule has 1 aromatic heterocycles. The number of nitrogens with one attached hydrogen (secondary N) is 1. The summed E-state index contributed by atoms with van der Waals surface area (Å²) in [5.41, 5.74) is 1.20. The molecule has 1 saturated carbocycles. The molecule has 3 rings (SSSR count). The zero-order valence-corrected chi connectivity index (χ0v) is 15.1. The summed E-state index contributed by atoms with van der Waals surface area (Å²) in [4.78, 5) is 2.33. The highest BCUT2D eigenvalue weighted by atomic mass is 32.2. The fourth-order valence-corrected chi connectivity index (χ4v) is 5.79.